The minimum atomic E-state index is 0.295. The van der Waals surface area contributed by atoms with Crippen molar-refractivity contribution >= 4 is 15.9 Å². The highest BCUT2D eigenvalue weighted by Gasteiger charge is 2.25. The molecule has 1 saturated heterocycles. The third kappa shape index (κ3) is 3.31. The zero-order valence-corrected chi connectivity index (χ0v) is 12.6. The van der Waals surface area contributed by atoms with Gasteiger partial charge in [0.25, 0.3) is 0 Å². The molecule has 1 aromatic rings. The Morgan fingerprint density at radius 2 is 2.28 bits per heavy atom. The monoisotopic (exact) mass is 311 g/mol. The number of aromatic nitrogens is 1. The van der Waals surface area contributed by atoms with Crippen LogP contribution in [-0.2, 0) is 0 Å². The molecule has 3 nitrogen and oxygen atoms in total. The zero-order chi connectivity index (χ0) is 13.0. The Labute approximate surface area is 118 Å². The van der Waals surface area contributed by atoms with Gasteiger partial charge in [-0.3, -0.25) is 9.88 Å². The van der Waals surface area contributed by atoms with Gasteiger partial charge in [-0.25, -0.2) is 0 Å². The van der Waals surface area contributed by atoms with E-state index >= 15 is 0 Å². The number of likely N-dealkylation sites (tertiary alicyclic amines) is 1. The van der Waals surface area contributed by atoms with Crippen molar-refractivity contribution in [1.29, 1.82) is 0 Å². The topological polar surface area (TPSA) is 42.1 Å². The van der Waals surface area contributed by atoms with Crippen LogP contribution in [0.5, 0.6) is 0 Å². The summed E-state index contributed by atoms with van der Waals surface area (Å²) in [5.74, 6) is 0. The minimum Gasteiger partial charge on any atom is -0.329 e. The Morgan fingerprint density at radius 3 is 3.00 bits per heavy atom. The third-order valence-corrected chi connectivity index (χ3v) is 4.27. The third-order valence-electron chi connectivity index (χ3n) is 3.84. The summed E-state index contributed by atoms with van der Waals surface area (Å²) >= 11 is 3.49. The second-order valence-corrected chi connectivity index (χ2v) is 6.04. The number of hydrogen-bond donors (Lipinski definition) is 1. The van der Waals surface area contributed by atoms with Gasteiger partial charge in [0.15, 0.2) is 0 Å². The molecule has 2 N–H and O–H groups in total. The first-order valence-corrected chi connectivity index (χ1v) is 7.58. The Bertz CT molecular complexity index is 383. The van der Waals surface area contributed by atoms with Gasteiger partial charge in [-0.2, -0.15) is 0 Å². The molecular weight excluding hydrogens is 290 g/mol. The van der Waals surface area contributed by atoms with E-state index in [4.69, 9.17) is 5.73 Å². The summed E-state index contributed by atoms with van der Waals surface area (Å²) in [7, 11) is 0. The molecule has 0 amide bonds. The first kappa shape index (κ1) is 14.0. The first-order chi connectivity index (χ1) is 8.72. The number of hydrogen-bond acceptors (Lipinski definition) is 3. The molecule has 2 atom stereocenters. The van der Waals surface area contributed by atoms with Gasteiger partial charge in [-0.1, -0.05) is 12.8 Å². The summed E-state index contributed by atoms with van der Waals surface area (Å²) in [5, 5.41) is 0. The maximum Gasteiger partial charge on any atom is 0.0488 e. The average Bonchev–Trinajstić information content (AvgIpc) is 2.56. The van der Waals surface area contributed by atoms with Crippen molar-refractivity contribution in [2.75, 3.05) is 13.1 Å². The summed E-state index contributed by atoms with van der Waals surface area (Å²) in [4.78, 5) is 6.82. The molecule has 0 spiro atoms. The Balaban J connectivity index is 2.21. The lowest BCUT2D eigenvalue weighted by molar-refractivity contribution is 0.150. The van der Waals surface area contributed by atoms with Crippen LogP contribution in [0.25, 0.3) is 0 Å². The van der Waals surface area contributed by atoms with E-state index in [-0.39, 0.29) is 0 Å². The molecule has 4 heteroatoms. The molecule has 0 radical (unpaired) electrons. The Hall–Kier alpha value is -0.450. The van der Waals surface area contributed by atoms with Crippen molar-refractivity contribution in [3.63, 3.8) is 0 Å². The van der Waals surface area contributed by atoms with Crippen LogP contribution in [0.3, 0.4) is 0 Å². The molecule has 0 saturated carbocycles. The first-order valence-electron chi connectivity index (χ1n) is 6.78. The smallest absolute Gasteiger partial charge is 0.0488 e. The van der Waals surface area contributed by atoms with Gasteiger partial charge >= 0.3 is 0 Å². The normalized spacial score (nSPS) is 23.6. The largest absolute Gasteiger partial charge is 0.329 e. The van der Waals surface area contributed by atoms with E-state index in [0.717, 1.165) is 11.0 Å². The van der Waals surface area contributed by atoms with Gasteiger partial charge in [0.2, 0.25) is 0 Å². The van der Waals surface area contributed by atoms with Crippen molar-refractivity contribution in [2.45, 2.75) is 44.7 Å². The molecule has 18 heavy (non-hydrogen) atoms. The summed E-state index contributed by atoms with van der Waals surface area (Å²) in [6.45, 7) is 4.12. The molecule has 0 aromatic carbocycles. The van der Waals surface area contributed by atoms with Crippen molar-refractivity contribution in [1.82, 2.24) is 9.88 Å². The molecule has 0 aliphatic carbocycles. The second kappa shape index (κ2) is 6.64. The zero-order valence-electron chi connectivity index (χ0n) is 11.0. The van der Waals surface area contributed by atoms with E-state index in [1.165, 1.54) is 31.2 Å². The molecule has 1 aliphatic rings. The molecule has 0 bridgehead atoms. The molecule has 1 aliphatic heterocycles. The van der Waals surface area contributed by atoms with Crippen LogP contribution in [0.1, 0.15) is 44.2 Å². The van der Waals surface area contributed by atoms with Crippen LogP contribution in [0.2, 0.25) is 0 Å². The summed E-state index contributed by atoms with van der Waals surface area (Å²) in [5.41, 5.74) is 7.24. The van der Waals surface area contributed by atoms with Crippen LogP contribution in [0.4, 0.5) is 0 Å². The lowest BCUT2D eigenvalue weighted by Gasteiger charge is -2.34. The molecule has 2 heterocycles. The van der Waals surface area contributed by atoms with E-state index in [9.17, 15) is 0 Å². The Kier molecular flexibility index (Phi) is 5.15. The molecule has 1 aromatic heterocycles. The van der Waals surface area contributed by atoms with E-state index in [1.54, 1.807) is 0 Å². The molecular formula is C14H22BrN3. The van der Waals surface area contributed by atoms with Crippen LogP contribution in [-0.4, -0.2) is 29.0 Å². The predicted molar refractivity (Wildman–Crippen MR) is 78.4 cm³/mol. The quantitative estimate of drug-likeness (QED) is 0.932. The van der Waals surface area contributed by atoms with Crippen molar-refractivity contribution in [2.24, 2.45) is 5.73 Å². The Morgan fingerprint density at radius 1 is 1.44 bits per heavy atom. The molecule has 2 unspecified atom stereocenters. The average molecular weight is 312 g/mol. The van der Waals surface area contributed by atoms with Crippen molar-refractivity contribution < 1.29 is 0 Å². The summed E-state index contributed by atoms with van der Waals surface area (Å²) in [6, 6.07) is 3.05. The number of pyridine rings is 1. The van der Waals surface area contributed by atoms with E-state index in [0.29, 0.717) is 18.6 Å². The fraction of sp³-hybridized carbons (Fsp3) is 0.643. The maximum atomic E-state index is 6.01. The van der Waals surface area contributed by atoms with Gasteiger partial charge in [0.05, 0.1) is 0 Å². The molecule has 100 valence electrons. The maximum absolute atomic E-state index is 6.01. The van der Waals surface area contributed by atoms with Crippen molar-refractivity contribution in [3.05, 3.63) is 28.5 Å². The predicted octanol–water partition coefficient (Wildman–Crippen LogP) is 3.11. The van der Waals surface area contributed by atoms with E-state index < -0.39 is 0 Å². The fourth-order valence-corrected chi connectivity index (χ4v) is 3.22. The van der Waals surface area contributed by atoms with Gasteiger partial charge in [-0.15, -0.1) is 0 Å². The van der Waals surface area contributed by atoms with Crippen LogP contribution >= 0.6 is 15.9 Å². The fourth-order valence-electron chi connectivity index (χ4n) is 2.83. The van der Waals surface area contributed by atoms with Crippen LogP contribution < -0.4 is 5.73 Å². The van der Waals surface area contributed by atoms with Crippen LogP contribution in [0.15, 0.2) is 22.9 Å². The lowest BCUT2D eigenvalue weighted by atomic mass is 10.0. The van der Waals surface area contributed by atoms with E-state index in [1.807, 2.05) is 12.4 Å². The summed E-state index contributed by atoms with van der Waals surface area (Å²) < 4.78 is 1.03. The standard InChI is InChI=1S/C14H22BrN3/c1-11-5-3-2-4-6-18(11)14(8-16)12-7-13(15)10-17-9-12/h7,9-11,14H,2-6,8,16H2,1H3. The number of halogens is 1. The number of rotatable bonds is 3. The van der Waals surface area contributed by atoms with Gasteiger partial charge in [-0.05, 0) is 53.9 Å². The number of nitrogens with zero attached hydrogens (tertiary/aromatic N) is 2. The second-order valence-electron chi connectivity index (χ2n) is 5.12. The van der Waals surface area contributed by atoms with Crippen LogP contribution in [0, 0.1) is 0 Å². The van der Waals surface area contributed by atoms with Gasteiger partial charge < -0.3 is 5.73 Å². The highest BCUT2D eigenvalue weighted by Crippen LogP contribution is 2.28. The molecule has 2 rings (SSSR count). The van der Waals surface area contributed by atoms with Crippen molar-refractivity contribution in [3.8, 4) is 0 Å². The van der Waals surface area contributed by atoms with Gasteiger partial charge in [0, 0.05) is 35.5 Å². The lowest BCUT2D eigenvalue weighted by Crippen LogP contribution is -2.39. The molecule has 1 fully saturated rings. The number of nitrogens with two attached hydrogens (primary N) is 1. The van der Waals surface area contributed by atoms with Gasteiger partial charge in [0.1, 0.15) is 0 Å². The minimum absolute atomic E-state index is 0.295. The highest BCUT2D eigenvalue weighted by molar-refractivity contribution is 9.10. The highest BCUT2D eigenvalue weighted by atomic mass is 79.9. The SMILES string of the molecule is CC1CCCCCN1C(CN)c1cncc(Br)c1. The summed E-state index contributed by atoms with van der Waals surface area (Å²) in [6.07, 6.45) is 9.00. The van der Waals surface area contributed by atoms with E-state index in [2.05, 4.69) is 38.8 Å².